The number of carbonyl (C=O) groups is 1. The molecule has 1 heterocycles. The zero-order valence-electron chi connectivity index (χ0n) is 11.0. The maximum atomic E-state index is 11.8. The van der Waals surface area contributed by atoms with E-state index in [-0.39, 0.29) is 11.8 Å². The van der Waals surface area contributed by atoms with Gasteiger partial charge in [0.05, 0.1) is 10.2 Å². The highest BCUT2D eigenvalue weighted by molar-refractivity contribution is 7.22. The van der Waals surface area contributed by atoms with E-state index in [9.17, 15) is 4.79 Å². The summed E-state index contributed by atoms with van der Waals surface area (Å²) in [5, 5.41) is 3.59. The Morgan fingerprint density at radius 3 is 2.89 bits per heavy atom. The van der Waals surface area contributed by atoms with Crippen LogP contribution >= 0.6 is 11.3 Å². The van der Waals surface area contributed by atoms with E-state index in [1.165, 1.54) is 16.9 Å². The van der Waals surface area contributed by atoms with Crippen LogP contribution in [0.5, 0.6) is 0 Å². The third kappa shape index (κ3) is 2.70. The summed E-state index contributed by atoms with van der Waals surface area (Å²) in [6.07, 6.45) is 1.86. The van der Waals surface area contributed by atoms with Gasteiger partial charge in [-0.3, -0.25) is 4.79 Å². The van der Waals surface area contributed by atoms with Crippen molar-refractivity contribution in [2.45, 2.75) is 33.6 Å². The highest BCUT2D eigenvalue weighted by Crippen LogP contribution is 2.27. The van der Waals surface area contributed by atoms with E-state index in [1.807, 2.05) is 19.9 Å². The van der Waals surface area contributed by atoms with Gasteiger partial charge in [-0.15, -0.1) is 0 Å². The van der Waals surface area contributed by atoms with Crippen LogP contribution in [0, 0.1) is 5.92 Å². The molecule has 4 heteroatoms. The van der Waals surface area contributed by atoms with Gasteiger partial charge in [-0.1, -0.05) is 38.2 Å². The van der Waals surface area contributed by atoms with Crippen molar-refractivity contribution in [3.63, 3.8) is 0 Å². The summed E-state index contributed by atoms with van der Waals surface area (Å²) < 4.78 is 1.13. The Bertz CT molecular complexity index is 562. The highest BCUT2D eigenvalue weighted by Gasteiger charge is 2.13. The second-order valence-corrected chi connectivity index (χ2v) is 5.50. The van der Waals surface area contributed by atoms with Crippen LogP contribution in [-0.2, 0) is 11.2 Å². The third-order valence-corrected chi connectivity index (χ3v) is 4.08. The highest BCUT2D eigenvalue weighted by atomic mass is 32.1. The molecule has 18 heavy (non-hydrogen) atoms. The summed E-state index contributed by atoms with van der Waals surface area (Å²) >= 11 is 1.54. The van der Waals surface area contributed by atoms with E-state index in [0.717, 1.165) is 23.1 Å². The van der Waals surface area contributed by atoms with E-state index in [2.05, 4.69) is 29.4 Å². The topological polar surface area (TPSA) is 42.0 Å². The van der Waals surface area contributed by atoms with Crippen LogP contribution in [0.1, 0.15) is 32.8 Å². The summed E-state index contributed by atoms with van der Waals surface area (Å²) in [6.45, 7) is 6.07. The second-order valence-electron chi connectivity index (χ2n) is 4.47. The van der Waals surface area contributed by atoms with Gasteiger partial charge in [-0.2, -0.15) is 0 Å². The summed E-state index contributed by atoms with van der Waals surface area (Å²) in [5.74, 6) is 0.0792. The second kappa shape index (κ2) is 5.48. The molecule has 0 fully saturated rings. The fourth-order valence-electron chi connectivity index (χ4n) is 1.66. The SMILES string of the molecule is CCc1ccc2nc(NC(=O)C(C)CC)sc2c1. The minimum Gasteiger partial charge on any atom is -0.302 e. The van der Waals surface area contributed by atoms with Crippen molar-refractivity contribution in [3.8, 4) is 0 Å². The molecule has 0 saturated heterocycles. The van der Waals surface area contributed by atoms with Crippen molar-refractivity contribution >= 4 is 32.6 Å². The van der Waals surface area contributed by atoms with Crippen molar-refractivity contribution in [2.75, 3.05) is 5.32 Å². The lowest BCUT2D eigenvalue weighted by atomic mass is 10.1. The standard InChI is InChI=1S/C14H18N2OS/c1-4-9(3)13(17)16-14-15-11-7-6-10(5-2)8-12(11)18-14/h6-9H,4-5H2,1-3H3,(H,15,16,17). The Morgan fingerprint density at radius 1 is 1.44 bits per heavy atom. The molecule has 2 rings (SSSR count). The normalized spacial score (nSPS) is 12.6. The number of fused-ring (bicyclic) bond motifs is 1. The molecule has 3 nitrogen and oxygen atoms in total. The average Bonchev–Trinajstić information content (AvgIpc) is 2.78. The number of nitrogens with one attached hydrogen (secondary N) is 1. The van der Waals surface area contributed by atoms with Crippen molar-refractivity contribution in [3.05, 3.63) is 23.8 Å². The van der Waals surface area contributed by atoms with Gasteiger partial charge in [0.2, 0.25) is 5.91 Å². The first-order valence-electron chi connectivity index (χ1n) is 6.34. The van der Waals surface area contributed by atoms with Crippen molar-refractivity contribution in [1.82, 2.24) is 4.98 Å². The van der Waals surface area contributed by atoms with Crippen LogP contribution in [0.2, 0.25) is 0 Å². The van der Waals surface area contributed by atoms with E-state index >= 15 is 0 Å². The van der Waals surface area contributed by atoms with Crippen LogP contribution in [0.3, 0.4) is 0 Å². The summed E-state index contributed by atoms with van der Waals surface area (Å²) in [5.41, 5.74) is 2.25. The first-order valence-corrected chi connectivity index (χ1v) is 7.16. The monoisotopic (exact) mass is 262 g/mol. The Balaban J connectivity index is 2.22. The zero-order valence-corrected chi connectivity index (χ0v) is 11.8. The van der Waals surface area contributed by atoms with Gasteiger partial charge in [-0.05, 0) is 30.5 Å². The number of thiazole rings is 1. The maximum Gasteiger partial charge on any atom is 0.228 e. The number of carbonyl (C=O) groups excluding carboxylic acids is 1. The summed E-state index contributed by atoms with van der Waals surface area (Å²) in [6, 6.07) is 6.25. The molecule has 2 aromatic rings. The largest absolute Gasteiger partial charge is 0.302 e. The molecule has 0 radical (unpaired) electrons. The first kappa shape index (κ1) is 13.0. The summed E-state index contributed by atoms with van der Waals surface area (Å²) in [7, 11) is 0. The number of benzene rings is 1. The number of aryl methyl sites for hydroxylation is 1. The van der Waals surface area contributed by atoms with Crippen LogP contribution in [-0.4, -0.2) is 10.9 Å². The van der Waals surface area contributed by atoms with E-state index < -0.39 is 0 Å². The molecule has 0 bridgehead atoms. The van der Waals surface area contributed by atoms with Crippen LogP contribution < -0.4 is 5.32 Å². The van der Waals surface area contributed by atoms with Gasteiger partial charge < -0.3 is 5.32 Å². The molecule has 96 valence electrons. The molecule has 1 N–H and O–H groups in total. The lowest BCUT2D eigenvalue weighted by molar-refractivity contribution is -0.119. The number of amides is 1. The molecule has 1 aromatic carbocycles. The molecule has 0 spiro atoms. The molecule has 0 aliphatic heterocycles. The first-order chi connectivity index (χ1) is 8.63. The molecule has 1 atom stereocenters. The molecule has 1 aromatic heterocycles. The number of hydrogen-bond acceptors (Lipinski definition) is 3. The van der Waals surface area contributed by atoms with Crippen LogP contribution in [0.15, 0.2) is 18.2 Å². The molecule has 1 unspecified atom stereocenters. The number of hydrogen-bond donors (Lipinski definition) is 1. The minimum atomic E-state index is 0.0308. The Hall–Kier alpha value is -1.42. The minimum absolute atomic E-state index is 0.0308. The van der Waals surface area contributed by atoms with Gasteiger partial charge in [0.1, 0.15) is 0 Å². The maximum absolute atomic E-state index is 11.8. The average molecular weight is 262 g/mol. The van der Waals surface area contributed by atoms with Gasteiger partial charge in [0, 0.05) is 5.92 Å². The Kier molecular flexibility index (Phi) is 3.97. The van der Waals surface area contributed by atoms with Crippen LogP contribution in [0.25, 0.3) is 10.2 Å². The van der Waals surface area contributed by atoms with E-state index in [0.29, 0.717) is 5.13 Å². The zero-order chi connectivity index (χ0) is 13.1. The number of nitrogens with zero attached hydrogens (tertiary/aromatic N) is 1. The van der Waals surface area contributed by atoms with E-state index in [1.54, 1.807) is 0 Å². The van der Waals surface area contributed by atoms with Crippen molar-refractivity contribution < 1.29 is 4.79 Å². The Morgan fingerprint density at radius 2 is 2.22 bits per heavy atom. The number of aromatic nitrogens is 1. The van der Waals surface area contributed by atoms with Crippen molar-refractivity contribution in [2.24, 2.45) is 5.92 Å². The van der Waals surface area contributed by atoms with Gasteiger partial charge >= 0.3 is 0 Å². The fraction of sp³-hybridized carbons (Fsp3) is 0.429. The predicted octanol–water partition coefficient (Wildman–Crippen LogP) is 3.84. The molecule has 0 saturated carbocycles. The number of anilines is 1. The van der Waals surface area contributed by atoms with Crippen LogP contribution in [0.4, 0.5) is 5.13 Å². The lowest BCUT2D eigenvalue weighted by Crippen LogP contribution is -2.19. The summed E-state index contributed by atoms with van der Waals surface area (Å²) in [4.78, 5) is 16.2. The molecule has 0 aliphatic carbocycles. The van der Waals surface area contributed by atoms with Gasteiger partial charge in [-0.25, -0.2) is 4.98 Å². The quantitative estimate of drug-likeness (QED) is 0.909. The third-order valence-electron chi connectivity index (χ3n) is 3.15. The smallest absolute Gasteiger partial charge is 0.228 e. The molecular formula is C14H18N2OS. The molecule has 0 aliphatic rings. The van der Waals surface area contributed by atoms with Gasteiger partial charge in [0.15, 0.2) is 5.13 Å². The number of rotatable bonds is 4. The fourth-order valence-corrected chi connectivity index (χ4v) is 2.59. The van der Waals surface area contributed by atoms with E-state index in [4.69, 9.17) is 0 Å². The van der Waals surface area contributed by atoms with Crippen molar-refractivity contribution in [1.29, 1.82) is 0 Å². The lowest BCUT2D eigenvalue weighted by Gasteiger charge is -2.06. The van der Waals surface area contributed by atoms with Gasteiger partial charge in [0.25, 0.3) is 0 Å². The predicted molar refractivity (Wildman–Crippen MR) is 77.1 cm³/mol. The Labute approximate surface area is 111 Å². The molecule has 1 amide bonds. The molecular weight excluding hydrogens is 244 g/mol.